The molecule has 1 atom stereocenters. The molecule has 0 aromatic carbocycles. The molecule has 0 spiro atoms. The van der Waals surface area contributed by atoms with Crippen molar-refractivity contribution >= 4 is 10.0 Å². The predicted octanol–water partition coefficient (Wildman–Crippen LogP) is -0.191. The van der Waals surface area contributed by atoms with Crippen molar-refractivity contribution in [3.8, 4) is 0 Å². The summed E-state index contributed by atoms with van der Waals surface area (Å²) in [7, 11) is 2.24. The highest BCUT2D eigenvalue weighted by atomic mass is 32.2. The number of nitrogens with zero attached hydrogens (tertiary/aromatic N) is 2. The molecule has 5 nitrogen and oxygen atoms in total. The Kier molecular flexibility index (Phi) is 5.85. The van der Waals surface area contributed by atoms with Crippen molar-refractivity contribution in [3.63, 3.8) is 0 Å². The summed E-state index contributed by atoms with van der Waals surface area (Å²) in [5, 5.41) is 3.25. The highest BCUT2D eigenvalue weighted by molar-refractivity contribution is 7.89. The monoisotopic (exact) mass is 263 g/mol. The number of hydrogen-bond donors (Lipinski definition) is 1. The van der Waals surface area contributed by atoms with Gasteiger partial charge in [0.15, 0.2) is 0 Å². The van der Waals surface area contributed by atoms with Gasteiger partial charge in [-0.3, -0.25) is 0 Å². The molecule has 0 bridgehead atoms. The molecule has 102 valence electrons. The lowest BCUT2D eigenvalue weighted by molar-refractivity contribution is 0.207. The Bertz CT molecular complexity index is 317. The lowest BCUT2D eigenvalue weighted by atomic mass is 9.98. The molecular weight excluding hydrogens is 238 g/mol. The van der Waals surface area contributed by atoms with Gasteiger partial charge in [-0.15, -0.1) is 0 Å². The van der Waals surface area contributed by atoms with E-state index in [-0.39, 0.29) is 5.75 Å². The highest BCUT2D eigenvalue weighted by Gasteiger charge is 2.17. The normalized spacial score (nSPS) is 23.2. The van der Waals surface area contributed by atoms with Gasteiger partial charge in [0.1, 0.15) is 0 Å². The minimum atomic E-state index is -3.05. The van der Waals surface area contributed by atoms with Crippen molar-refractivity contribution in [2.75, 3.05) is 53.1 Å². The van der Waals surface area contributed by atoms with Crippen molar-refractivity contribution in [1.29, 1.82) is 0 Å². The first kappa shape index (κ1) is 14.9. The summed E-state index contributed by atoms with van der Waals surface area (Å²) in [6, 6.07) is 0. The van der Waals surface area contributed by atoms with Crippen LogP contribution < -0.4 is 5.32 Å². The van der Waals surface area contributed by atoms with Gasteiger partial charge in [0.2, 0.25) is 10.0 Å². The van der Waals surface area contributed by atoms with E-state index >= 15 is 0 Å². The molecule has 1 fully saturated rings. The molecule has 1 aliphatic rings. The first-order valence-corrected chi connectivity index (χ1v) is 7.82. The van der Waals surface area contributed by atoms with Gasteiger partial charge in [-0.1, -0.05) is 0 Å². The number of piperidine rings is 1. The topological polar surface area (TPSA) is 52.7 Å². The van der Waals surface area contributed by atoms with Crippen LogP contribution in [0.2, 0.25) is 0 Å². The molecule has 1 rings (SSSR count). The van der Waals surface area contributed by atoms with Crippen LogP contribution >= 0.6 is 0 Å². The summed E-state index contributed by atoms with van der Waals surface area (Å²) in [5.41, 5.74) is 0. The minimum Gasteiger partial charge on any atom is -0.315 e. The fourth-order valence-corrected chi connectivity index (χ4v) is 2.90. The second-order valence-electron chi connectivity index (χ2n) is 5.07. The second-order valence-corrected chi connectivity index (χ2v) is 7.38. The van der Waals surface area contributed by atoms with Gasteiger partial charge < -0.3 is 10.2 Å². The van der Waals surface area contributed by atoms with E-state index in [1.807, 2.05) is 0 Å². The standard InChI is InChI=1S/C11H25N3O2S/c1-13(2)17(15,16)8-6-12-9-11-5-4-7-14(3)10-11/h11-12H,4-10H2,1-3H3. The fourth-order valence-electron chi connectivity index (χ4n) is 2.13. The van der Waals surface area contributed by atoms with Gasteiger partial charge in [-0.25, -0.2) is 12.7 Å². The Morgan fingerprint density at radius 3 is 2.71 bits per heavy atom. The smallest absolute Gasteiger partial charge is 0.214 e. The van der Waals surface area contributed by atoms with Crippen LogP contribution in [0.4, 0.5) is 0 Å². The summed E-state index contributed by atoms with van der Waals surface area (Å²) >= 11 is 0. The Balaban J connectivity index is 2.16. The summed E-state index contributed by atoms with van der Waals surface area (Å²) in [5.74, 6) is 0.846. The lowest BCUT2D eigenvalue weighted by Gasteiger charge is -2.29. The van der Waals surface area contributed by atoms with Gasteiger partial charge in [-0.05, 0) is 38.9 Å². The molecule has 1 N–H and O–H groups in total. The first-order chi connectivity index (χ1) is 7.92. The summed E-state index contributed by atoms with van der Waals surface area (Å²) < 4.78 is 24.3. The molecule has 1 aliphatic heterocycles. The fraction of sp³-hybridized carbons (Fsp3) is 1.00. The molecule has 6 heteroatoms. The van der Waals surface area contributed by atoms with E-state index in [1.165, 1.54) is 23.7 Å². The number of rotatable bonds is 6. The quantitative estimate of drug-likeness (QED) is 0.675. The maximum Gasteiger partial charge on any atom is 0.214 e. The van der Waals surface area contributed by atoms with Crippen LogP contribution in [0.5, 0.6) is 0 Å². The molecule has 0 saturated carbocycles. The molecule has 1 unspecified atom stereocenters. The Hall–Kier alpha value is -0.170. The van der Waals surface area contributed by atoms with Crippen molar-refractivity contribution in [1.82, 2.24) is 14.5 Å². The van der Waals surface area contributed by atoms with Crippen LogP contribution in [-0.4, -0.2) is 70.7 Å². The molecule has 0 amide bonds. The van der Waals surface area contributed by atoms with E-state index < -0.39 is 10.0 Å². The zero-order valence-corrected chi connectivity index (χ0v) is 12.0. The predicted molar refractivity (Wildman–Crippen MR) is 70.6 cm³/mol. The van der Waals surface area contributed by atoms with E-state index in [0.717, 1.165) is 13.1 Å². The van der Waals surface area contributed by atoms with Gasteiger partial charge in [0.05, 0.1) is 5.75 Å². The largest absolute Gasteiger partial charge is 0.315 e. The zero-order valence-electron chi connectivity index (χ0n) is 11.1. The van der Waals surface area contributed by atoms with E-state index in [1.54, 1.807) is 14.1 Å². The lowest BCUT2D eigenvalue weighted by Crippen LogP contribution is -2.39. The molecule has 0 aliphatic carbocycles. The van der Waals surface area contributed by atoms with Crippen molar-refractivity contribution in [3.05, 3.63) is 0 Å². The van der Waals surface area contributed by atoms with Crippen molar-refractivity contribution in [2.24, 2.45) is 5.92 Å². The average Bonchev–Trinajstić information content (AvgIpc) is 2.24. The third-order valence-electron chi connectivity index (χ3n) is 3.25. The molecule has 0 aromatic heterocycles. The molecule has 17 heavy (non-hydrogen) atoms. The van der Waals surface area contributed by atoms with Crippen LogP contribution in [-0.2, 0) is 10.0 Å². The number of sulfonamides is 1. The van der Waals surface area contributed by atoms with Crippen LogP contribution in [0.15, 0.2) is 0 Å². The summed E-state index contributed by atoms with van der Waals surface area (Å²) in [6.45, 7) is 3.77. The van der Waals surface area contributed by atoms with Crippen LogP contribution in [0.25, 0.3) is 0 Å². The zero-order chi connectivity index (χ0) is 12.9. The van der Waals surface area contributed by atoms with Crippen LogP contribution in [0.3, 0.4) is 0 Å². The third kappa shape index (κ3) is 5.33. The average molecular weight is 263 g/mol. The maximum atomic E-state index is 11.5. The second kappa shape index (κ2) is 6.68. The van der Waals surface area contributed by atoms with Crippen molar-refractivity contribution < 1.29 is 8.42 Å². The highest BCUT2D eigenvalue weighted by Crippen LogP contribution is 2.13. The summed E-state index contributed by atoms with van der Waals surface area (Å²) in [6.07, 6.45) is 2.50. The van der Waals surface area contributed by atoms with Gasteiger partial charge in [0, 0.05) is 27.2 Å². The number of nitrogens with one attached hydrogen (secondary N) is 1. The maximum absolute atomic E-state index is 11.5. The van der Waals surface area contributed by atoms with Crippen molar-refractivity contribution in [2.45, 2.75) is 12.8 Å². The van der Waals surface area contributed by atoms with E-state index in [0.29, 0.717) is 12.5 Å². The number of hydrogen-bond acceptors (Lipinski definition) is 4. The molecular formula is C11H25N3O2S. The molecule has 1 heterocycles. The van der Waals surface area contributed by atoms with E-state index in [4.69, 9.17) is 0 Å². The summed E-state index contributed by atoms with van der Waals surface area (Å²) in [4.78, 5) is 2.34. The van der Waals surface area contributed by atoms with Gasteiger partial charge >= 0.3 is 0 Å². The molecule has 1 saturated heterocycles. The van der Waals surface area contributed by atoms with E-state index in [2.05, 4.69) is 17.3 Å². The van der Waals surface area contributed by atoms with Gasteiger partial charge in [0.25, 0.3) is 0 Å². The first-order valence-electron chi connectivity index (χ1n) is 6.21. The van der Waals surface area contributed by atoms with E-state index in [9.17, 15) is 8.42 Å². The minimum absolute atomic E-state index is 0.183. The molecule has 0 radical (unpaired) electrons. The Morgan fingerprint density at radius 1 is 1.41 bits per heavy atom. The number of likely N-dealkylation sites (tertiary alicyclic amines) is 1. The molecule has 0 aromatic rings. The third-order valence-corrected chi connectivity index (χ3v) is 5.08. The SMILES string of the molecule is CN1CCCC(CNCCS(=O)(=O)N(C)C)C1. The van der Waals surface area contributed by atoms with Crippen LogP contribution in [0, 0.1) is 5.92 Å². The Labute approximate surface area is 105 Å². The Morgan fingerprint density at radius 2 is 2.12 bits per heavy atom. The van der Waals surface area contributed by atoms with Crippen LogP contribution in [0.1, 0.15) is 12.8 Å². The van der Waals surface area contributed by atoms with Gasteiger partial charge in [-0.2, -0.15) is 0 Å².